The number of esters is 1. The first kappa shape index (κ1) is 15.3. The summed E-state index contributed by atoms with van der Waals surface area (Å²) in [6, 6.07) is 15.7. The Balaban J connectivity index is 1.98. The normalized spacial score (nSPS) is 10.4. The van der Waals surface area contributed by atoms with Crippen molar-refractivity contribution in [1.29, 1.82) is 0 Å². The number of aryl methyl sites for hydroxylation is 1. The minimum Gasteiger partial charge on any atom is -0.462 e. The van der Waals surface area contributed by atoms with Gasteiger partial charge in [0.15, 0.2) is 0 Å². The van der Waals surface area contributed by atoms with Crippen LogP contribution >= 0.6 is 0 Å². The predicted octanol–water partition coefficient (Wildman–Crippen LogP) is 3.59. The number of aliphatic hydroxyl groups excluding tert-OH is 1. The number of hydrogen-bond donors (Lipinski definition) is 1. The number of rotatable bonds is 6. The number of benzene rings is 2. The number of carbonyl (C=O) groups excluding carboxylic acids is 1. The van der Waals surface area contributed by atoms with E-state index in [2.05, 4.69) is 31.2 Å². The molecule has 3 heteroatoms. The molecule has 0 saturated carbocycles. The van der Waals surface area contributed by atoms with E-state index in [0.29, 0.717) is 25.0 Å². The lowest BCUT2D eigenvalue weighted by Gasteiger charge is -2.06. The second-order valence-electron chi connectivity index (χ2n) is 5.01. The summed E-state index contributed by atoms with van der Waals surface area (Å²) < 4.78 is 5.14. The van der Waals surface area contributed by atoms with Gasteiger partial charge in [-0.2, -0.15) is 0 Å². The first-order valence-electron chi connectivity index (χ1n) is 7.16. The van der Waals surface area contributed by atoms with Gasteiger partial charge in [-0.05, 0) is 43.0 Å². The second-order valence-corrected chi connectivity index (χ2v) is 5.01. The zero-order chi connectivity index (χ0) is 15.1. The highest BCUT2D eigenvalue weighted by atomic mass is 16.5. The van der Waals surface area contributed by atoms with Gasteiger partial charge in [0.2, 0.25) is 0 Å². The number of ether oxygens (including phenoxy) is 1. The maximum atomic E-state index is 11.8. The molecule has 0 amide bonds. The number of hydrogen-bond acceptors (Lipinski definition) is 3. The molecule has 0 unspecified atom stereocenters. The summed E-state index contributed by atoms with van der Waals surface area (Å²) in [4.78, 5) is 11.8. The molecule has 0 spiro atoms. The van der Waals surface area contributed by atoms with Crippen LogP contribution in [0.2, 0.25) is 0 Å². The molecule has 0 bridgehead atoms. The fraction of sp³-hybridized carbons (Fsp3) is 0.278. The van der Waals surface area contributed by atoms with Gasteiger partial charge in [-0.3, -0.25) is 0 Å². The third kappa shape index (κ3) is 4.43. The van der Waals surface area contributed by atoms with E-state index in [0.717, 1.165) is 11.1 Å². The van der Waals surface area contributed by atoms with Crippen LogP contribution in [0.15, 0.2) is 48.5 Å². The van der Waals surface area contributed by atoms with Crippen LogP contribution in [0.1, 0.15) is 28.8 Å². The Morgan fingerprint density at radius 3 is 2.10 bits per heavy atom. The summed E-state index contributed by atoms with van der Waals surface area (Å²) in [5.74, 6) is -0.316. The molecule has 110 valence electrons. The van der Waals surface area contributed by atoms with E-state index in [4.69, 9.17) is 9.84 Å². The van der Waals surface area contributed by atoms with Gasteiger partial charge in [0.1, 0.15) is 0 Å². The Bertz CT molecular complexity index is 570. The van der Waals surface area contributed by atoms with Gasteiger partial charge < -0.3 is 9.84 Å². The molecule has 2 aromatic carbocycles. The molecular formula is C18H20O3. The third-order valence-electron chi connectivity index (χ3n) is 3.29. The molecule has 0 atom stereocenters. The van der Waals surface area contributed by atoms with E-state index in [1.807, 2.05) is 12.1 Å². The lowest BCUT2D eigenvalue weighted by molar-refractivity contribution is 0.0492. The van der Waals surface area contributed by atoms with Crippen LogP contribution in [0, 0.1) is 6.92 Å². The average Bonchev–Trinajstić information content (AvgIpc) is 2.52. The third-order valence-corrected chi connectivity index (χ3v) is 3.29. The van der Waals surface area contributed by atoms with Gasteiger partial charge in [0.25, 0.3) is 0 Å². The molecule has 0 fully saturated rings. The Morgan fingerprint density at radius 2 is 1.52 bits per heavy atom. The van der Waals surface area contributed by atoms with Crippen molar-refractivity contribution in [3.05, 3.63) is 59.7 Å². The molecule has 0 aliphatic rings. The van der Waals surface area contributed by atoms with Gasteiger partial charge >= 0.3 is 5.97 Å². The van der Waals surface area contributed by atoms with Crippen molar-refractivity contribution in [2.24, 2.45) is 0 Å². The molecule has 0 aromatic heterocycles. The summed E-state index contributed by atoms with van der Waals surface area (Å²) in [5, 5.41) is 8.66. The summed E-state index contributed by atoms with van der Waals surface area (Å²) in [5.41, 5.74) is 3.98. The molecule has 1 N–H and O–H groups in total. The van der Waals surface area contributed by atoms with Crippen molar-refractivity contribution in [1.82, 2.24) is 0 Å². The van der Waals surface area contributed by atoms with E-state index < -0.39 is 0 Å². The Labute approximate surface area is 125 Å². The van der Waals surface area contributed by atoms with Crippen LogP contribution in [0.4, 0.5) is 0 Å². The van der Waals surface area contributed by atoms with Crippen molar-refractivity contribution in [2.75, 3.05) is 13.2 Å². The van der Waals surface area contributed by atoms with Crippen LogP contribution in [0.25, 0.3) is 11.1 Å². The van der Waals surface area contributed by atoms with Gasteiger partial charge in [-0.1, -0.05) is 42.0 Å². The van der Waals surface area contributed by atoms with E-state index in [9.17, 15) is 4.79 Å². The molecule has 0 saturated heterocycles. The zero-order valence-corrected chi connectivity index (χ0v) is 12.2. The van der Waals surface area contributed by atoms with E-state index in [1.54, 1.807) is 12.1 Å². The van der Waals surface area contributed by atoms with Crippen molar-refractivity contribution in [3.63, 3.8) is 0 Å². The highest BCUT2D eigenvalue weighted by Gasteiger charge is 2.07. The van der Waals surface area contributed by atoms with Gasteiger partial charge in [0, 0.05) is 6.61 Å². The summed E-state index contributed by atoms with van der Waals surface area (Å²) >= 11 is 0. The monoisotopic (exact) mass is 284 g/mol. The molecule has 21 heavy (non-hydrogen) atoms. The number of aliphatic hydroxyl groups is 1. The Hall–Kier alpha value is -2.13. The largest absolute Gasteiger partial charge is 0.462 e. The smallest absolute Gasteiger partial charge is 0.338 e. The fourth-order valence-corrected chi connectivity index (χ4v) is 2.01. The quantitative estimate of drug-likeness (QED) is 0.651. The van der Waals surface area contributed by atoms with Crippen molar-refractivity contribution >= 4 is 5.97 Å². The minimum absolute atomic E-state index is 0.128. The topological polar surface area (TPSA) is 46.5 Å². The van der Waals surface area contributed by atoms with Crippen molar-refractivity contribution in [3.8, 4) is 11.1 Å². The first-order chi connectivity index (χ1) is 10.2. The SMILES string of the molecule is Cc1ccc(-c2ccc(C(=O)OCCCCO)cc2)cc1. The average molecular weight is 284 g/mol. The van der Waals surface area contributed by atoms with Crippen LogP contribution in [-0.4, -0.2) is 24.3 Å². The lowest BCUT2D eigenvalue weighted by atomic mass is 10.0. The summed E-state index contributed by atoms with van der Waals surface area (Å²) in [6.07, 6.45) is 1.34. The molecule has 0 radical (unpaired) electrons. The van der Waals surface area contributed by atoms with E-state index >= 15 is 0 Å². The summed E-state index contributed by atoms with van der Waals surface area (Å²) in [7, 11) is 0. The molecule has 0 heterocycles. The number of carbonyl (C=O) groups is 1. The lowest BCUT2D eigenvalue weighted by Crippen LogP contribution is -2.06. The molecule has 0 aliphatic carbocycles. The molecule has 3 nitrogen and oxygen atoms in total. The van der Waals surface area contributed by atoms with Gasteiger partial charge in [-0.15, -0.1) is 0 Å². The molecular weight excluding hydrogens is 264 g/mol. The Morgan fingerprint density at radius 1 is 0.952 bits per heavy atom. The van der Waals surface area contributed by atoms with Gasteiger partial charge in [-0.25, -0.2) is 4.79 Å². The van der Waals surface area contributed by atoms with Crippen LogP contribution in [0.5, 0.6) is 0 Å². The predicted molar refractivity (Wildman–Crippen MR) is 83.2 cm³/mol. The summed E-state index contributed by atoms with van der Waals surface area (Å²) in [6.45, 7) is 2.53. The number of unbranched alkanes of at least 4 members (excludes halogenated alkanes) is 1. The van der Waals surface area contributed by atoms with Crippen molar-refractivity contribution in [2.45, 2.75) is 19.8 Å². The van der Waals surface area contributed by atoms with Crippen molar-refractivity contribution < 1.29 is 14.6 Å². The minimum atomic E-state index is -0.316. The highest BCUT2D eigenvalue weighted by Crippen LogP contribution is 2.20. The molecule has 0 aliphatic heterocycles. The van der Waals surface area contributed by atoms with Crippen LogP contribution in [-0.2, 0) is 4.74 Å². The first-order valence-corrected chi connectivity index (χ1v) is 7.16. The molecule has 2 aromatic rings. The Kier molecular flexibility index (Phi) is 5.52. The maximum Gasteiger partial charge on any atom is 0.338 e. The standard InChI is InChI=1S/C18H20O3/c1-14-4-6-15(7-5-14)16-8-10-17(11-9-16)18(20)21-13-3-2-12-19/h4-11,19H,2-3,12-13H2,1H3. The molecule has 2 rings (SSSR count). The van der Waals surface area contributed by atoms with Gasteiger partial charge in [0.05, 0.1) is 12.2 Å². The van der Waals surface area contributed by atoms with Crippen LogP contribution in [0.3, 0.4) is 0 Å². The fourth-order valence-electron chi connectivity index (χ4n) is 2.01. The maximum absolute atomic E-state index is 11.8. The zero-order valence-electron chi connectivity index (χ0n) is 12.2. The van der Waals surface area contributed by atoms with Crippen LogP contribution < -0.4 is 0 Å². The second kappa shape index (κ2) is 7.60. The van der Waals surface area contributed by atoms with E-state index in [-0.39, 0.29) is 12.6 Å². The van der Waals surface area contributed by atoms with E-state index in [1.165, 1.54) is 5.56 Å². The highest BCUT2D eigenvalue weighted by molar-refractivity contribution is 5.90.